The zero-order valence-corrected chi connectivity index (χ0v) is 16.2. The van der Waals surface area contributed by atoms with Crippen LogP contribution >= 0.6 is 0 Å². The van der Waals surface area contributed by atoms with Crippen LogP contribution in [0, 0.1) is 0 Å². The fourth-order valence-electron chi connectivity index (χ4n) is 2.85. The molecule has 4 rings (SSSR count). The molecule has 3 aromatic heterocycles. The Morgan fingerprint density at radius 1 is 1.20 bits per heavy atom. The molecule has 0 spiro atoms. The average molecular weight is 418 g/mol. The van der Waals surface area contributed by atoms with Crippen molar-refractivity contribution < 1.29 is 22.7 Å². The largest absolute Gasteiger partial charge is 0.416 e. The van der Waals surface area contributed by atoms with E-state index in [1.807, 2.05) is 0 Å². The zero-order valence-electron chi connectivity index (χ0n) is 16.2. The molecule has 0 bridgehead atoms. The first-order valence-electron chi connectivity index (χ1n) is 8.91. The summed E-state index contributed by atoms with van der Waals surface area (Å²) in [4.78, 5) is 23.5. The Morgan fingerprint density at radius 3 is 2.67 bits per heavy atom. The van der Waals surface area contributed by atoms with E-state index in [0.717, 1.165) is 12.1 Å². The van der Waals surface area contributed by atoms with Crippen molar-refractivity contribution in [1.29, 1.82) is 0 Å². The van der Waals surface area contributed by atoms with Crippen molar-refractivity contribution in [2.45, 2.75) is 32.5 Å². The topological polar surface area (TPSA) is 97.7 Å². The van der Waals surface area contributed by atoms with E-state index in [1.165, 1.54) is 29.3 Å². The molecule has 4 aromatic rings. The lowest BCUT2D eigenvalue weighted by atomic mass is 10.1. The number of alkyl halides is 3. The van der Waals surface area contributed by atoms with Crippen LogP contribution in [0.3, 0.4) is 0 Å². The summed E-state index contributed by atoms with van der Waals surface area (Å²) in [5, 5.41) is 7.31. The standard InChI is InChI=1S/C19H17F3N6O2/c1-18(2,3)27-17(29)30-13-8-23-16-15(13)26-14(9-24-16)28-12-6-11(19(20,21)22)5-4-10(12)7-25-28/h4-9H,1-3H3,(H,23,24)(H,27,29). The molecule has 0 radical (unpaired) electrons. The van der Waals surface area contributed by atoms with E-state index in [9.17, 15) is 18.0 Å². The average Bonchev–Trinajstić information content (AvgIpc) is 3.22. The number of fused-ring (bicyclic) bond motifs is 2. The molecule has 0 saturated carbocycles. The number of hydrogen-bond acceptors (Lipinski definition) is 5. The number of carbonyl (C=O) groups excluding carboxylic acids is 1. The summed E-state index contributed by atoms with van der Waals surface area (Å²) >= 11 is 0. The van der Waals surface area contributed by atoms with Gasteiger partial charge in [-0.15, -0.1) is 0 Å². The second-order valence-corrected chi connectivity index (χ2v) is 7.67. The number of rotatable bonds is 2. The minimum atomic E-state index is -4.49. The highest BCUT2D eigenvalue weighted by Crippen LogP contribution is 2.32. The molecule has 1 aromatic carbocycles. The highest BCUT2D eigenvalue weighted by Gasteiger charge is 2.31. The van der Waals surface area contributed by atoms with Gasteiger partial charge in [0, 0.05) is 17.1 Å². The number of halogens is 3. The van der Waals surface area contributed by atoms with E-state index in [2.05, 4.69) is 25.4 Å². The Balaban J connectivity index is 1.74. The van der Waals surface area contributed by atoms with Gasteiger partial charge in [0.15, 0.2) is 22.7 Å². The molecular formula is C19H17F3N6O2. The third kappa shape index (κ3) is 3.78. The Bertz CT molecular complexity index is 1250. The maximum Gasteiger partial charge on any atom is 0.416 e. The van der Waals surface area contributed by atoms with Crippen LogP contribution in [0.25, 0.3) is 27.9 Å². The van der Waals surface area contributed by atoms with Crippen molar-refractivity contribution in [1.82, 2.24) is 30.0 Å². The van der Waals surface area contributed by atoms with E-state index >= 15 is 0 Å². The summed E-state index contributed by atoms with van der Waals surface area (Å²) < 4.78 is 45.9. The van der Waals surface area contributed by atoms with Gasteiger partial charge in [0.1, 0.15) is 0 Å². The Labute approximate surface area is 168 Å². The summed E-state index contributed by atoms with van der Waals surface area (Å²) in [6, 6.07) is 3.34. The molecular weight excluding hydrogens is 401 g/mol. The number of amides is 1. The second-order valence-electron chi connectivity index (χ2n) is 7.67. The number of aromatic nitrogens is 5. The number of nitrogens with zero attached hydrogens (tertiary/aromatic N) is 4. The molecule has 30 heavy (non-hydrogen) atoms. The number of nitrogens with one attached hydrogen (secondary N) is 2. The number of hydrogen-bond donors (Lipinski definition) is 2. The fraction of sp³-hybridized carbons (Fsp3) is 0.263. The van der Waals surface area contributed by atoms with Crippen molar-refractivity contribution in [3.8, 4) is 11.6 Å². The van der Waals surface area contributed by atoms with Crippen molar-refractivity contribution in [2.75, 3.05) is 0 Å². The van der Waals surface area contributed by atoms with E-state index in [0.29, 0.717) is 11.0 Å². The van der Waals surface area contributed by atoms with E-state index < -0.39 is 23.4 Å². The van der Waals surface area contributed by atoms with Crippen molar-refractivity contribution >= 4 is 28.2 Å². The lowest BCUT2D eigenvalue weighted by Gasteiger charge is -2.19. The molecule has 2 N–H and O–H groups in total. The van der Waals surface area contributed by atoms with E-state index in [4.69, 9.17) is 4.74 Å². The van der Waals surface area contributed by atoms with Gasteiger partial charge < -0.3 is 15.0 Å². The van der Waals surface area contributed by atoms with Crippen LogP contribution in [0.4, 0.5) is 18.0 Å². The number of ether oxygens (including phenoxy) is 1. The maximum absolute atomic E-state index is 13.1. The minimum Gasteiger partial charge on any atom is -0.406 e. The number of aromatic amines is 1. The molecule has 11 heteroatoms. The number of H-pyrrole nitrogens is 1. The Kier molecular flexibility index (Phi) is 4.40. The van der Waals surface area contributed by atoms with E-state index in [-0.39, 0.29) is 22.6 Å². The number of benzene rings is 1. The molecule has 1 amide bonds. The Hall–Kier alpha value is -3.63. The quantitative estimate of drug-likeness (QED) is 0.508. The predicted molar refractivity (Wildman–Crippen MR) is 102 cm³/mol. The van der Waals surface area contributed by atoms with Crippen LogP contribution < -0.4 is 10.1 Å². The zero-order chi connectivity index (χ0) is 21.7. The number of carbonyl (C=O) groups is 1. The molecule has 0 aliphatic rings. The lowest BCUT2D eigenvalue weighted by Crippen LogP contribution is -2.42. The van der Waals surface area contributed by atoms with Gasteiger partial charge >= 0.3 is 12.3 Å². The van der Waals surface area contributed by atoms with Gasteiger partial charge in [-0.3, -0.25) is 0 Å². The van der Waals surface area contributed by atoms with Crippen LogP contribution in [0.1, 0.15) is 26.3 Å². The van der Waals surface area contributed by atoms with Gasteiger partial charge in [-0.2, -0.15) is 18.3 Å². The monoisotopic (exact) mass is 418 g/mol. The molecule has 0 atom stereocenters. The highest BCUT2D eigenvalue weighted by atomic mass is 19.4. The van der Waals surface area contributed by atoms with Crippen LogP contribution in [-0.4, -0.2) is 36.4 Å². The normalized spacial score (nSPS) is 12.5. The third-order valence-electron chi connectivity index (χ3n) is 4.13. The molecule has 0 unspecified atom stereocenters. The predicted octanol–water partition coefficient (Wildman–Crippen LogP) is 4.20. The molecule has 8 nitrogen and oxygen atoms in total. The summed E-state index contributed by atoms with van der Waals surface area (Å²) in [5.74, 6) is 0.311. The molecule has 3 heterocycles. The Morgan fingerprint density at radius 2 is 1.97 bits per heavy atom. The van der Waals surface area contributed by atoms with Crippen LogP contribution in [0.15, 0.2) is 36.8 Å². The van der Waals surface area contributed by atoms with Gasteiger partial charge in [0.05, 0.1) is 23.5 Å². The van der Waals surface area contributed by atoms with Crippen molar-refractivity contribution in [2.24, 2.45) is 0 Å². The molecule has 0 saturated heterocycles. The van der Waals surface area contributed by atoms with Crippen LogP contribution in [0.2, 0.25) is 0 Å². The smallest absolute Gasteiger partial charge is 0.406 e. The maximum atomic E-state index is 13.1. The first-order valence-corrected chi connectivity index (χ1v) is 8.91. The first kappa shape index (κ1) is 19.7. The summed E-state index contributed by atoms with van der Waals surface area (Å²) in [6.45, 7) is 5.41. The summed E-state index contributed by atoms with van der Waals surface area (Å²) in [5.41, 5.74) is -0.473. The second kappa shape index (κ2) is 6.71. The van der Waals surface area contributed by atoms with Gasteiger partial charge in [0.25, 0.3) is 0 Å². The van der Waals surface area contributed by atoms with Gasteiger partial charge in [-0.1, -0.05) is 6.07 Å². The van der Waals surface area contributed by atoms with Crippen molar-refractivity contribution in [3.63, 3.8) is 0 Å². The first-order chi connectivity index (χ1) is 14.0. The van der Waals surface area contributed by atoms with Crippen LogP contribution in [-0.2, 0) is 6.18 Å². The van der Waals surface area contributed by atoms with Crippen molar-refractivity contribution in [3.05, 3.63) is 42.4 Å². The highest BCUT2D eigenvalue weighted by molar-refractivity contribution is 5.84. The molecule has 0 fully saturated rings. The summed E-state index contributed by atoms with van der Waals surface area (Å²) in [6.07, 6.45) is -0.923. The molecule has 156 valence electrons. The summed E-state index contributed by atoms with van der Waals surface area (Å²) in [7, 11) is 0. The lowest BCUT2D eigenvalue weighted by molar-refractivity contribution is -0.137. The van der Waals surface area contributed by atoms with Crippen LogP contribution in [0.5, 0.6) is 5.75 Å². The molecule has 0 aliphatic heterocycles. The minimum absolute atomic E-state index is 0.133. The fourth-order valence-corrected chi connectivity index (χ4v) is 2.85. The van der Waals surface area contributed by atoms with Gasteiger partial charge in [0.2, 0.25) is 0 Å². The molecule has 0 aliphatic carbocycles. The SMILES string of the molecule is CC(C)(C)NC(=O)Oc1c[nH]c2ncc(-n3ncc4ccc(C(F)(F)F)cc43)nc12. The third-order valence-corrected chi connectivity index (χ3v) is 4.13. The van der Waals surface area contributed by atoms with Gasteiger partial charge in [-0.25, -0.2) is 19.4 Å². The van der Waals surface area contributed by atoms with Gasteiger partial charge in [-0.05, 0) is 32.9 Å². The van der Waals surface area contributed by atoms with E-state index in [1.54, 1.807) is 20.8 Å².